The smallest absolute Gasteiger partial charge is 0.358 e. The number of allylic oxidation sites excluding steroid dienone is 2. The second kappa shape index (κ2) is 8.85. The standard InChI is InChI=1S/C15H8ClN3O5.C9H10O2/c1-17-8-6(24-19-12(8)16)2-3-7-18-13-14(21-7)23-11-9(22-13)10(20)15(11)4-5-15;1-8(11-7-10)9-5-3-2-4-6-9/h17H,4-5H2,1H3;2-8H,1H3. The van der Waals surface area contributed by atoms with Crippen LogP contribution in [0, 0.1) is 17.3 Å². The lowest BCUT2D eigenvalue weighted by Crippen LogP contribution is -2.40. The number of oxazole rings is 1. The van der Waals surface area contributed by atoms with E-state index in [0.717, 1.165) is 18.4 Å². The maximum absolute atomic E-state index is 12.0. The van der Waals surface area contributed by atoms with Gasteiger partial charge in [-0.05, 0) is 31.2 Å². The average molecular weight is 496 g/mol. The van der Waals surface area contributed by atoms with E-state index >= 15 is 0 Å². The number of hydrogen-bond acceptors (Lipinski definition) is 10. The summed E-state index contributed by atoms with van der Waals surface area (Å²) in [5, 5.41) is 6.62. The first-order chi connectivity index (χ1) is 17.0. The second-order valence-corrected chi connectivity index (χ2v) is 8.21. The van der Waals surface area contributed by atoms with Crippen molar-refractivity contribution in [1.82, 2.24) is 10.1 Å². The van der Waals surface area contributed by atoms with Crippen LogP contribution in [0.5, 0.6) is 11.8 Å². The first kappa shape index (κ1) is 22.6. The fraction of sp³-hybridized carbons (Fsp3) is 0.250. The van der Waals surface area contributed by atoms with Crippen molar-refractivity contribution < 1.29 is 32.7 Å². The van der Waals surface area contributed by atoms with E-state index in [2.05, 4.69) is 27.3 Å². The summed E-state index contributed by atoms with van der Waals surface area (Å²) in [6.07, 6.45) is 1.42. The van der Waals surface area contributed by atoms with Gasteiger partial charge in [-0.25, -0.2) is 0 Å². The molecule has 6 rings (SSSR count). The van der Waals surface area contributed by atoms with Crippen molar-refractivity contribution in [3.05, 3.63) is 64.2 Å². The minimum atomic E-state index is -0.482. The highest BCUT2D eigenvalue weighted by Crippen LogP contribution is 2.63. The molecule has 2 aromatic heterocycles. The van der Waals surface area contributed by atoms with Crippen molar-refractivity contribution in [2.45, 2.75) is 25.9 Å². The molecule has 2 aliphatic carbocycles. The molecule has 0 saturated heterocycles. The van der Waals surface area contributed by atoms with E-state index in [0.29, 0.717) is 17.9 Å². The predicted molar refractivity (Wildman–Crippen MR) is 121 cm³/mol. The van der Waals surface area contributed by atoms with Crippen LogP contribution in [0.25, 0.3) is 0 Å². The molecule has 11 heteroatoms. The summed E-state index contributed by atoms with van der Waals surface area (Å²) in [6.45, 7) is 2.31. The molecule has 1 spiro atoms. The summed E-state index contributed by atoms with van der Waals surface area (Å²) in [5.41, 5.74) is 1.00. The highest BCUT2D eigenvalue weighted by molar-refractivity contribution is 6.32. The number of ketones is 1. The van der Waals surface area contributed by atoms with E-state index in [9.17, 15) is 9.59 Å². The number of halogens is 1. The summed E-state index contributed by atoms with van der Waals surface area (Å²) in [4.78, 5) is 26.0. The Kier molecular flexibility index (Phi) is 5.70. The Labute approximate surface area is 204 Å². The molecule has 1 unspecified atom stereocenters. The largest absolute Gasteiger partial charge is 0.460 e. The number of carbonyl (C=O) groups excluding carboxylic acids is 2. The minimum Gasteiger partial charge on any atom is -0.460 e. The van der Waals surface area contributed by atoms with Gasteiger partial charge in [0.2, 0.25) is 17.3 Å². The van der Waals surface area contributed by atoms with Gasteiger partial charge in [-0.15, -0.1) is 0 Å². The monoisotopic (exact) mass is 495 g/mol. The summed E-state index contributed by atoms with van der Waals surface area (Å²) >= 11 is 5.84. The molecule has 3 aromatic rings. The average Bonchev–Trinajstić information content (AvgIpc) is 3.51. The van der Waals surface area contributed by atoms with Gasteiger partial charge in [0.1, 0.15) is 11.8 Å². The van der Waals surface area contributed by atoms with Gasteiger partial charge in [0.05, 0.1) is 5.41 Å². The number of aromatic nitrogens is 2. The molecular formula is C24H18ClN3O7. The van der Waals surface area contributed by atoms with Crippen LogP contribution in [0.3, 0.4) is 0 Å². The van der Waals surface area contributed by atoms with Crippen molar-refractivity contribution in [3.8, 4) is 23.7 Å². The van der Waals surface area contributed by atoms with E-state index in [1.54, 1.807) is 7.05 Å². The van der Waals surface area contributed by atoms with Crippen LogP contribution in [0.15, 0.2) is 50.8 Å². The number of fused-ring (bicyclic) bond motifs is 2. The van der Waals surface area contributed by atoms with Gasteiger partial charge in [0.25, 0.3) is 12.4 Å². The fourth-order valence-corrected chi connectivity index (χ4v) is 3.84. The Balaban J connectivity index is 0.000000195. The van der Waals surface area contributed by atoms with Crippen LogP contribution >= 0.6 is 11.6 Å². The number of hydrogen-bond donors (Lipinski definition) is 1. The first-order valence-electron chi connectivity index (χ1n) is 10.6. The maximum atomic E-state index is 12.0. The van der Waals surface area contributed by atoms with Gasteiger partial charge in [0.15, 0.2) is 10.9 Å². The van der Waals surface area contributed by atoms with Crippen molar-refractivity contribution >= 4 is 29.5 Å². The highest BCUT2D eigenvalue weighted by atomic mass is 35.5. The molecule has 0 bridgehead atoms. The third kappa shape index (κ3) is 4.00. The third-order valence-electron chi connectivity index (χ3n) is 5.70. The lowest BCUT2D eigenvalue weighted by molar-refractivity contribution is -0.133. The molecule has 10 nitrogen and oxygen atoms in total. The van der Waals surface area contributed by atoms with E-state index in [1.807, 2.05) is 37.3 Å². The predicted octanol–water partition coefficient (Wildman–Crippen LogP) is 4.02. The zero-order valence-corrected chi connectivity index (χ0v) is 19.3. The molecule has 3 heterocycles. The van der Waals surface area contributed by atoms with Crippen molar-refractivity contribution in [2.75, 3.05) is 12.4 Å². The molecule has 1 fully saturated rings. The maximum Gasteiger partial charge on any atom is 0.358 e. The molecule has 178 valence electrons. The lowest BCUT2D eigenvalue weighted by Gasteiger charge is -2.31. The number of ether oxygens (including phenoxy) is 3. The molecule has 1 saturated carbocycles. The zero-order chi connectivity index (χ0) is 24.6. The van der Waals surface area contributed by atoms with Crippen LogP contribution in [0.2, 0.25) is 5.15 Å². The second-order valence-electron chi connectivity index (χ2n) is 7.85. The summed E-state index contributed by atoms with van der Waals surface area (Å²) in [6, 6.07) is 9.61. The Morgan fingerprint density at radius 3 is 2.69 bits per heavy atom. The number of benzene rings is 1. The number of Topliss-reactive ketones (excluding diaryl/α,β-unsaturated/α-hetero) is 1. The Hall–Kier alpha value is -4.23. The molecular weight excluding hydrogens is 478 g/mol. The van der Waals surface area contributed by atoms with Crippen molar-refractivity contribution in [3.63, 3.8) is 0 Å². The Morgan fingerprint density at radius 2 is 2.00 bits per heavy atom. The highest BCUT2D eigenvalue weighted by Gasteiger charge is 2.67. The molecule has 1 aromatic carbocycles. The normalized spacial score (nSPS) is 16.6. The molecule has 0 radical (unpaired) electrons. The SMILES string of the molecule is CC(OC=O)c1ccccc1.CNc1c(Cl)noc1C#Cc1nc2c(o1)OC1=C(O2)C(=O)C12CC2. The van der Waals surface area contributed by atoms with E-state index in [-0.39, 0.29) is 46.3 Å². The number of carbonyl (C=O) groups is 2. The third-order valence-corrected chi connectivity index (χ3v) is 5.96. The molecule has 35 heavy (non-hydrogen) atoms. The van der Waals surface area contributed by atoms with Gasteiger partial charge >= 0.3 is 11.8 Å². The molecule has 3 aliphatic rings. The van der Waals surface area contributed by atoms with Gasteiger partial charge in [-0.2, -0.15) is 4.98 Å². The van der Waals surface area contributed by atoms with Crippen LogP contribution in [-0.2, 0) is 14.3 Å². The summed E-state index contributed by atoms with van der Waals surface area (Å²) < 4.78 is 26.3. The quantitative estimate of drug-likeness (QED) is 0.418. The van der Waals surface area contributed by atoms with E-state index in [1.165, 1.54) is 0 Å². The van der Waals surface area contributed by atoms with Gasteiger partial charge < -0.3 is 28.5 Å². The fourth-order valence-electron chi connectivity index (χ4n) is 3.63. The van der Waals surface area contributed by atoms with Crippen LogP contribution in [0.1, 0.15) is 43.1 Å². The molecule has 0 amide bonds. The van der Waals surface area contributed by atoms with E-state index in [4.69, 9.17) is 34.8 Å². The zero-order valence-electron chi connectivity index (χ0n) is 18.6. The number of nitrogens with zero attached hydrogens (tertiary/aromatic N) is 2. The Bertz CT molecular complexity index is 1390. The number of anilines is 1. The topological polar surface area (TPSA) is 126 Å². The molecule has 1 aliphatic heterocycles. The molecule has 1 atom stereocenters. The van der Waals surface area contributed by atoms with Crippen LogP contribution in [0.4, 0.5) is 5.69 Å². The van der Waals surface area contributed by atoms with Crippen molar-refractivity contribution in [2.24, 2.45) is 5.41 Å². The first-order valence-corrected chi connectivity index (χ1v) is 11.0. The Morgan fingerprint density at radius 1 is 1.23 bits per heavy atom. The van der Waals surface area contributed by atoms with E-state index < -0.39 is 5.41 Å². The van der Waals surface area contributed by atoms with Gasteiger partial charge in [-0.3, -0.25) is 9.59 Å². The minimum absolute atomic E-state index is 0.0336. The number of nitrogens with one attached hydrogen (secondary N) is 1. The van der Waals surface area contributed by atoms with Crippen molar-refractivity contribution in [1.29, 1.82) is 0 Å². The summed E-state index contributed by atoms with van der Waals surface area (Å²) in [5.74, 6) is 6.61. The van der Waals surface area contributed by atoms with Gasteiger partial charge in [-0.1, -0.05) is 47.1 Å². The number of rotatable bonds is 4. The summed E-state index contributed by atoms with van der Waals surface area (Å²) in [7, 11) is 1.67. The molecule has 1 N–H and O–H groups in total. The van der Waals surface area contributed by atoms with Gasteiger partial charge in [0, 0.05) is 13.0 Å². The van der Waals surface area contributed by atoms with Crippen LogP contribution in [-0.4, -0.2) is 29.4 Å². The van der Waals surface area contributed by atoms with Crippen LogP contribution < -0.4 is 14.8 Å². The lowest BCUT2D eigenvalue weighted by atomic mass is 9.84.